The van der Waals surface area contributed by atoms with E-state index in [4.69, 9.17) is 14.4 Å². The molecule has 1 aliphatic rings. The van der Waals surface area contributed by atoms with Crippen molar-refractivity contribution in [1.82, 2.24) is 10.3 Å². The summed E-state index contributed by atoms with van der Waals surface area (Å²) >= 11 is 0. The van der Waals surface area contributed by atoms with Crippen LogP contribution in [0.25, 0.3) is 54.6 Å². The quantitative estimate of drug-likeness (QED) is 0.226. The zero-order valence-corrected chi connectivity index (χ0v) is 24.2. The van der Waals surface area contributed by atoms with Crippen LogP contribution < -0.4 is 5.32 Å². The van der Waals surface area contributed by atoms with Crippen LogP contribution in [0.3, 0.4) is 0 Å². The third-order valence-corrected chi connectivity index (χ3v) is 8.59. The van der Waals surface area contributed by atoms with E-state index in [-0.39, 0.29) is 6.17 Å². The first-order valence-electron chi connectivity index (χ1n) is 15.0. The number of aliphatic imine (C=N–C) groups is 2. The molecule has 0 amide bonds. The van der Waals surface area contributed by atoms with Crippen LogP contribution >= 0.6 is 0 Å². The van der Waals surface area contributed by atoms with Gasteiger partial charge in [-0.3, -0.25) is 4.98 Å². The van der Waals surface area contributed by atoms with Crippen molar-refractivity contribution in [2.45, 2.75) is 6.17 Å². The van der Waals surface area contributed by atoms with E-state index in [1.54, 1.807) is 6.20 Å². The molecule has 1 unspecified atom stereocenters. The minimum Gasteiger partial charge on any atom is -0.454 e. The topological polar surface area (TPSA) is 62.8 Å². The largest absolute Gasteiger partial charge is 0.454 e. The number of fused-ring (bicyclic) bond motifs is 5. The second-order valence-electron chi connectivity index (χ2n) is 11.3. The average molecular weight is 579 g/mol. The lowest BCUT2D eigenvalue weighted by atomic mass is 9.98. The summed E-state index contributed by atoms with van der Waals surface area (Å²) in [6.45, 7) is 0. The molecule has 5 heteroatoms. The van der Waals surface area contributed by atoms with Gasteiger partial charge >= 0.3 is 0 Å². The molecule has 8 aromatic rings. The Labute approximate surface area is 259 Å². The van der Waals surface area contributed by atoms with E-state index in [1.165, 1.54) is 21.5 Å². The van der Waals surface area contributed by atoms with Gasteiger partial charge in [0.1, 0.15) is 17.6 Å². The maximum Gasteiger partial charge on any atom is 0.159 e. The normalized spacial score (nSPS) is 14.9. The molecule has 2 aromatic heterocycles. The van der Waals surface area contributed by atoms with Crippen molar-refractivity contribution in [3.63, 3.8) is 0 Å². The van der Waals surface area contributed by atoms with Crippen molar-refractivity contribution in [2.75, 3.05) is 0 Å². The summed E-state index contributed by atoms with van der Waals surface area (Å²) in [6.07, 6.45) is 3.33. The van der Waals surface area contributed by atoms with Crippen LogP contribution in [0.5, 0.6) is 0 Å². The zero-order chi connectivity index (χ0) is 29.7. The smallest absolute Gasteiger partial charge is 0.159 e. The van der Waals surface area contributed by atoms with Gasteiger partial charge in [0.15, 0.2) is 11.4 Å². The molecule has 5 nitrogen and oxygen atoms in total. The van der Waals surface area contributed by atoms with E-state index in [0.29, 0.717) is 17.3 Å². The highest BCUT2D eigenvalue weighted by molar-refractivity contribution is 6.22. The van der Waals surface area contributed by atoms with Gasteiger partial charge in [0.05, 0.1) is 6.20 Å². The van der Waals surface area contributed by atoms with Crippen LogP contribution in [0.15, 0.2) is 160 Å². The SMILES string of the molecule is c1ccc(C2=NC(c3ccc4ccccc4c3)NC(c3cncc4oc5c(-c6ccc7ccccc7c6)cccc5c34)=N2)cc1. The number of nitrogens with one attached hydrogen (secondary N) is 1. The van der Waals surface area contributed by atoms with Crippen molar-refractivity contribution in [3.8, 4) is 11.1 Å². The van der Waals surface area contributed by atoms with Crippen molar-refractivity contribution in [2.24, 2.45) is 9.98 Å². The standard InChI is InChI=1S/C40H26N4O/c1-2-11-27(12-3-1)38-42-39(31-20-18-26-10-5-7-14-29(26)22-31)44-40(43-38)34-23-41-24-35-36(34)33-16-8-15-32(37(33)45-35)30-19-17-25-9-4-6-13-28(25)21-30/h1-24,39H,(H,42,43,44). The molecule has 0 saturated heterocycles. The Morgan fingerprint density at radius 1 is 0.578 bits per heavy atom. The predicted octanol–water partition coefficient (Wildman–Crippen LogP) is 9.45. The second-order valence-corrected chi connectivity index (χ2v) is 11.3. The van der Waals surface area contributed by atoms with Crippen LogP contribution in [0.4, 0.5) is 0 Å². The number of para-hydroxylation sites is 1. The van der Waals surface area contributed by atoms with Gasteiger partial charge in [0.25, 0.3) is 0 Å². The third-order valence-electron chi connectivity index (χ3n) is 8.59. The molecular weight excluding hydrogens is 552 g/mol. The Kier molecular flexibility index (Phi) is 5.81. The first-order valence-corrected chi connectivity index (χ1v) is 15.0. The van der Waals surface area contributed by atoms with E-state index in [0.717, 1.165) is 44.2 Å². The van der Waals surface area contributed by atoms with Crippen molar-refractivity contribution >= 4 is 55.2 Å². The van der Waals surface area contributed by atoms with Crippen molar-refractivity contribution < 1.29 is 4.42 Å². The average Bonchev–Trinajstić information content (AvgIpc) is 3.51. The van der Waals surface area contributed by atoms with Gasteiger partial charge < -0.3 is 9.73 Å². The summed E-state index contributed by atoms with van der Waals surface area (Å²) < 4.78 is 6.58. The van der Waals surface area contributed by atoms with Gasteiger partial charge in [-0.15, -0.1) is 0 Å². The summed E-state index contributed by atoms with van der Waals surface area (Å²) in [5.41, 5.74) is 6.58. The van der Waals surface area contributed by atoms with Crippen LogP contribution in [0, 0.1) is 0 Å². The van der Waals surface area contributed by atoms with Gasteiger partial charge in [0, 0.05) is 33.7 Å². The molecule has 0 aliphatic carbocycles. The molecule has 9 rings (SSSR count). The van der Waals surface area contributed by atoms with Gasteiger partial charge in [-0.05, 0) is 44.8 Å². The molecule has 0 fully saturated rings. The molecule has 6 aromatic carbocycles. The Hall–Kier alpha value is -6.07. The van der Waals surface area contributed by atoms with E-state index in [2.05, 4.69) is 113 Å². The number of hydrogen-bond acceptors (Lipinski definition) is 5. The van der Waals surface area contributed by atoms with Gasteiger partial charge in [0.2, 0.25) is 0 Å². The van der Waals surface area contributed by atoms with Gasteiger partial charge in [-0.25, -0.2) is 9.98 Å². The third kappa shape index (κ3) is 4.36. The van der Waals surface area contributed by atoms with Crippen LogP contribution in [0.1, 0.15) is 22.9 Å². The first kappa shape index (κ1) is 25.4. The number of amidine groups is 2. The molecule has 0 bridgehead atoms. The predicted molar refractivity (Wildman–Crippen MR) is 184 cm³/mol. The van der Waals surface area contributed by atoms with E-state index in [1.807, 2.05) is 36.5 Å². The lowest BCUT2D eigenvalue weighted by molar-refractivity contribution is 0.666. The van der Waals surface area contributed by atoms with E-state index < -0.39 is 0 Å². The highest BCUT2D eigenvalue weighted by Crippen LogP contribution is 2.38. The number of benzene rings is 6. The highest BCUT2D eigenvalue weighted by atomic mass is 16.3. The summed E-state index contributed by atoms with van der Waals surface area (Å²) in [6, 6.07) is 46.3. The van der Waals surface area contributed by atoms with Gasteiger partial charge in [-0.1, -0.05) is 121 Å². The number of pyridine rings is 1. The molecule has 0 saturated carbocycles. The number of rotatable bonds is 4. The fourth-order valence-corrected chi connectivity index (χ4v) is 6.37. The Morgan fingerprint density at radius 2 is 1.31 bits per heavy atom. The molecule has 212 valence electrons. The summed E-state index contributed by atoms with van der Waals surface area (Å²) in [5.74, 6) is 1.38. The monoisotopic (exact) mass is 578 g/mol. The maximum absolute atomic E-state index is 6.58. The number of furan rings is 1. The lowest BCUT2D eigenvalue weighted by Crippen LogP contribution is -2.33. The lowest BCUT2D eigenvalue weighted by Gasteiger charge is -2.24. The fraction of sp³-hybridized carbons (Fsp3) is 0.0250. The van der Waals surface area contributed by atoms with E-state index >= 15 is 0 Å². The minimum atomic E-state index is -0.334. The van der Waals surface area contributed by atoms with Crippen molar-refractivity contribution in [1.29, 1.82) is 0 Å². The Balaban J connectivity index is 1.21. The number of aromatic nitrogens is 1. The number of nitrogens with zero attached hydrogens (tertiary/aromatic N) is 3. The van der Waals surface area contributed by atoms with E-state index in [9.17, 15) is 0 Å². The van der Waals surface area contributed by atoms with Crippen molar-refractivity contribution in [3.05, 3.63) is 163 Å². The molecule has 0 spiro atoms. The fourth-order valence-electron chi connectivity index (χ4n) is 6.37. The molecule has 1 aliphatic heterocycles. The molecule has 1 N–H and O–H groups in total. The molecule has 0 radical (unpaired) electrons. The minimum absolute atomic E-state index is 0.334. The highest BCUT2D eigenvalue weighted by Gasteiger charge is 2.25. The van der Waals surface area contributed by atoms with Crippen LogP contribution in [-0.4, -0.2) is 16.7 Å². The molecule has 3 heterocycles. The zero-order valence-electron chi connectivity index (χ0n) is 24.2. The molecule has 1 atom stereocenters. The molecular formula is C40H26N4O. The first-order chi connectivity index (χ1) is 22.3. The summed E-state index contributed by atoms with van der Waals surface area (Å²) in [4.78, 5) is 14.8. The maximum atomic E-state index is 6.58. The van der Waals surface area contributed by atoms with Gasteiger partial charge in [-0.2, -0.15) is 0 Å². The second kappa shape index (κ2) is 10.3. The summed E-state index contributed by atoms with van der Waals surface area (Å²) in [7, 11) is 0. The number of hydrogen-bond donors (Lipinski definition) is 1. The summed E-state index contributed by atoms with van der Waals surface area (Å²) in [5, 5.41) is 10.4. The molecule has 45 heavy (non-hydrogen) atoms. The van der Waals surface area contributed by atoms with Crippen LogP contribution in [-0.2, 0) is 0 Å². The Morgan fingerprint density at radius 3 is 2.13 bits per heavy atom. The van der Waals surface area contributed by atoms with Crippen LogP contribution in [0.2, 0.25) is 0 Å². The Bertz CT molecular complexity index is 2470.